The summed E-state index contributed by atoms with van der Waals surface area (Å²) < 4.78 is 37.9. The van der Waals surface area contributed by atoms with Crippen molar-refractivity contribution < 1.29 is 32.0 Å². The third kappa shape index (κ3) is 4.89. The number of piperazine rings is 1. The molecular weight excluding hydrogens is 476 g/mol. The molecule has 4 rings (SSSR count). The number of carbonyl (C=O) groups is 3. The predicted molar refractivity (Wildman–Crippen MR) is 126 cm³/mol. The molecule has 1 fully saturated rings. The van der Waals surface area contributed by atoms with Gasteiger partial charge in [0, 0.05) is 39.3 Å². The third-order valence-corrected chi connectivity index (χ3v) is 8.21. The highest BCUT2D eigenvalue weighted by molar-refractivity contribution is 7.89. The summed E-state index contributed by atoms with van der Waals surface area (Å²) in [5.41, 5.74) is 0.245. The summed E-state index contributed by atoms with van der Waals surface area (Å²) in [5, 5.41) is 0. The van der Waals surface area contributed by atoms with Crippen LogP contribution in [-0.2, 0) is 19.6 Å². The van der Waals surface area contributed by atoms with Gasteiger partial charge in [0.25, 0.3) is 11.8 Å². The number of amides is 3. The second-order valence-corrected chi connectivity index (χ2v) is 10.1. The minimum atomic E-state index is -3.76. The fourth-order valence-corrected chi connectivity index (χ4v) is 5.66. The Morgan fingerprint density at radius 2 is 1.71 bits per heavy atom. The molecule has 0 saturated carbocycles. The molecule has 0 atom stereocenters. The number of rotatable bonds is 7. The van der Waals surface area contributed by atoms with Crippen molar-refractivity contribution in [1.29, 1.82) is 0 Å². The van der Waals surface area contributed by atoms with Gasteiger partial charge in [0.1, 0.15) is 12.3 Å². The zero-order valence-corrected chi connectivity index (χ0v) is 20.5. The molecule has 35 heavy (non-hydrogen) atoms. The smallest absolute Gasteiger partial charge is 0.289 e. The number of benzene rings is 1. The Bertz CT molecular complexity index is 1200. The van der Waals surface area contributed by atoms with Gasteiger partial charge in [-0.05, 0) is 30.3 Å². The van der Waals surface area contributed by atoms with Gasteiger partial charge < -0.3 is 19.0 Å². The Morgan fingerprint density at radius 1 is 1.03 bits per heavy atom. The van der Waals surface area contributed by atoms with E-state index in [9.17, 15) is 22.8 Å². The number of carbonyl (C=O) groups excluding carboxylic acids is 3. The molecule has 12 heteroatoms. The molecule has 0 N–H and O–H groups in total. The second kappa shape index (κ2) is 10.1. The van der Waals surface area contributed by atoms with Crippen LogP contribution in [0.1, 0.15) is 24.4 Å². The lowest BCUT2D eigenvalue weighted by atomic mass is 10.2. The summed E-state index contributed by atoms with van der Waals surface area (Å²) in [7, 11) is -3.76. The number of hydrogen-bond donors (Lipinski definition) is 0. The standard InChI is InChI=1S/C23H28N4O7S/c1-3-26(4-2)35(31,32)17-7-8-19-18(14-17)27(22(29)16-34-19)15-21(28)24-9-11-25(12-10-24)23(30)20-6-5-13-33-20/h5-8,13-14H,3-4,9-12,15-16H2,1-2H3. The van der Waals surface area contributed by atoms with Gasteiger partial charge in [0.2, 0.25) is 15.9 Å². The van der Waals surface area contributed by atoms with Crippen LogP contribution >= 0.6 is 0 Å². The number of hydrogen-bond acceptors (Lipinski definition) is 7. The van der Waals surface area contributed by atoms with Crippen molar-refractivity contribution >= 4 is 33.4 Å². The minimum absolute atomic E-state index is 0.0285. The minimum Gasteiger partial charge on any atom is -0.482 e. The number of fused-ring (bicyclic) bond motifs is 1. The van der Waals surface area contributed by atoms with Crippen LogP contribution in [0.25, 0.3) is 0 Å². The molecule has 1 aromatic carbocycles. The first-order chi connectivity index (χ1) is 16.8. The maximum Gasteiger partial charge on any atom is 0.289 e. The fraction of sp³-hybridized carbons (Fsp3) is 0.435. The number of nitrogens with zero attached hydrogens (tertiary/aromatic N) is 4. The topological polar surface area (TPSA) is 121 Å². The maximum absolute atomic E-state index is 13.1. The maximum atomic E-state index is 13.1. The van der Waals surface area contributed by atoms with Gasteiger partial charge in [-0.1, -0.05) is 13.8 Å². The first-order valence-electron chi connectivity index (χ1n) is 11.4. The largest absolute Gasteiger partial charge is 0.482 e. The van der Waals surface area contributed by atoms with Crippen LogP contribution in [0.15, 0.2) is 45.9 Å². The molecule has 2 aliphatic rings. The zero-order valence-electron chi connectivity index (χ0n) is 19.7. The van der Waals surface area contributed by atoms with Gasteiger partial charge in [0.15, 0.2) is 12.4 Å². The Hall–Kier alpha value is -3.38. The lowest BCUT2D eigenvalue weighted by Crippen LogP contribution is -2.53. The summed E-state index contributed by atoms with van der Waals surface area (Å²) in [6, 6.07) is 7.57. The molecular formula is C23H28N4O7S. The average molecular weight is 505 g/mol. The molecule has 1 aromatic heterocycles. The van der Waals surface area contributed by atoms with E-state index in [0.29, 0.717) is 45.0 Å². The Labute approximate surface area is 203 Å². The van der Waals surface area contributed by atoms with Gasteiger partial charge in [-0.3, -0.25) is 19.3 Å². The van der Waals surface area contributed by atoms with E-state index in [-0.39, 0.29) is 41.3 Å². The Kier molecular flexibility index (Phi) is 7.13. The highest BCUT2D eigenvalue weighted by Crippen LogP contribution is 2.35. The molecule has 0 unspecified atom stereocenters. The van der Waals surface area contributed by atoms with E-state index in [1.165, 1.54) is 33.7 Å². The van der Waals surface area contributed by atoms with Crippen LogP contribution < -0.4 is 9.64 Å². The first kappa shape index (κ1) is 24.7. The van der Waals surface area contributed by atoms with Crippen LogP contribution in [-0.4, -0.2) is 92.7 Å². The van der Waals surface area contributed by atoms with Crippen molar-refractivity contribution in [3.05, 3.63) is 42.4 Å². The molecule has 1 saturated heterocycles. The Balaban J connectivity index is 1.48. The Morgan fingerprint density at radius 3 is 2.34 bits per heavy atom. The number of furan rings is 1. The fourth-order valence-electron chi connectivity index (χ4n) is 4.18. The number of anilines is 1. The van der Waals surface area contributed by atoms with Crippen molar-refractivity contribution in [3.63, 3.8) is 0 Å². The van der Waals surface area contributed by atoms with Crippen molar-refractivity contribution in [2.24, 2.45) is 0 Å². The van der Waals surface area contributed by atoms with Crippen molar-refractivity contribution in [3.8, 4) is 5.75 Å². The average Bonchev–Trinajstić information content (AvgIpc) is 3.40. The van der Waals surface area contributed by atoms with E-state index in [0.717, 1.165) is 0 Å². The first-order valence-corrected chi connectivity index (χ1v) is 12.9. The van der Waals surface area contributed by atoms with Gasteiger partial charge in [0.05, 0.1) is 16.8 Å². The van der Waals surface area contributed by atoms with Crippen molar-refractivity contribution in [2.45, 2.75) is 18.7 Å². The molecule has 0 radical (unpaired) electrons. The van der Waals surface area contributed by atoms with E-state index in [2.05, 4.69) is 0 Å². The van der Waals surface area contributed by atoms with E-state index in [4.69, 9.17) is 9.15 Å². The highest BCUT2D eigenvalue weighted by atomic mass is 32.2. The second-order valence-electron chi connectivity index (χ2n) is 8.14. The van der Waals surface area contributed by atoms with Crippen LogP contribution in [0, 0.1) is 0 Å². The number of sulfonamides is 1. The lowest BCUT2D eigenvalue weighted by molar-refractivity contribution is -0.133. The summed E-state index contributed by atoms with van der Waals surface area (Å²) in [4.78, 5) is 42.7. The van der Waals surface area contributed by atoms with E-state index in [1.54, 1.807) is 35.8 Å². The summed E-state index contributed by atoms with van der Waals surface area (Å²) in [6.45, 7) is 4.92. The molecule has 2 aliphatic heterocycles. The van der Waals surface area contributed by atoms with Crippen LogP contribution in [0.4, 0.5) is 5.69 Å². The van der Waals surface area contributed by atoms with Crippen LogP contribution in [0.5, 0.6) is 5.75 Å². The molecule has 3 amide bonds. The molecule has 188 valence electrons. The normalized spacial score (nSPS) is 16.3. The summed E-state index contributed by atoms with van der Waals surface area (Å²) in [5.74, 6) is -0.384. The van der Waals surface area contributed by atoms with Gasteiger partial charge in [-0.25, -0.2) is 8.42 Å². The highest BCUT2D eigenvalue weighted by Gasteiger charge is 2.33. The van der Waals surface area contributed by atoms with E-state index in [1.807, 2.05) is 0 Å². The van der Waals surface area contributed by atoms with Crippen LogP contribution in [0.3, 0.4) is 0 Å². The lowest BCUT2D eigenvalue weighted by Gasteiger charge is -2.36. The van der Waals surface area contributed by atoms with Gasteiger partial charge in [-0.2, -0.15) is 4.31 Å². The van der Waals surface area contributed by atoms with Crippen molar-refractivity contribution in [1.82, 2.24) is 14.1 Å². The van der Waals surface area contributed by atoms with Gasteiger partial charge in [-0.15, -0.1) is 0 Å². The zero-order chi connectivity index (χ0) is 25.2. The summed E-state index contributed by atoms with van der Waals surface area (Å²) >= 11 is 0. The molecule has 0 spiro atoms. The molecule has 11 nitrogen and oxygen atoms in total. The van der Waals surface area contributed by atoms with Gasteiger partial charge >= 0.3 is 0 Å². The van der Waals surface area contributed by atoms with Crippen LogP contribution in [0.2, 0.25) is 0 Å². The molecule has 3 heterocycles. The number of ether oxygens (including phenoxy) is 1. The van der Waals surface area contributed by atoms with Crippen molar-refractivity contribution in [2.75, 3.05) is 57.3 Å². The molecule has 0 aliphatic carbocycles. The SMILES string of the molecule is CCN(CC)S(=O)(=O)c1ccc2c(c1)N(CC(=O)N1CCN(C(=O)c3ccco3)CC1)C(=O)CO2. The third-order valence-electron chi connectivity index (χ3n) is 6.16. The van der Waals surface area contributed by atoms with E-state index < -0.39 is 15.9 Å². The predicted octanol–water partition coefficient (Wildman–Crippen LogP) is 1.02. The molecule has 0 bridgehead atoms. The monoisotopic (exact) mass is 504 g/mol. The molecule has 2 aromatic rings. The summed E-state index contributed by atoms with van der Waals surface area (Å²) in [6.07, 6.45) is 1.43. The quantitative estimate of drug-likeness (QED) is 0.552. The van der Waals surface area contributed by atoms with E-state index >= 15 is 0 Å².